The van der Waals surface area contributed by atoms with Gasteiger partial charge in [0.05, 0.1) is 37.0 Å². The molecule has 17 atom stereocenters. The Morgan fingerprint density at radius 2 is 1.66 bits per heavy atom. The van der Waals surface area contributed by atoms with Crippen molar-refractivity contribution in [2.45, 2.75) is 153 Å². The Bertz CT molecular complexity index is 2010. The number of nitrogens with two attached hydrogens (primary N) is 1. The number of anilines is 1. The molecule has 15 nitrogen and oxygen atoms in total. The van der Waals surface area contributed by atoms with Crippen molar-refractivity contribution in [2.24, 2.45) is 35.5 Å². The fraction of sp³-hybridized carbons (Fsp3) is 0.714. The molecule has 4 unspecified atom stereocenters. The summed E-state index contributed by atoms with van der Waals surface area (Å²) in [4.78, 5) is 31.4. The molecule has 64 heavy (non-hydrogen) atoms. The summed E-state index contributed by atoms with van der Waals surface area (Å²) in [6.07, 6.45) is 8.92. The van der Waals surface area contributed by atoms with Crippen molar-refractivity contribution in [1.82, 2.24) is 19.9 Å². The van der Waals surface area contributed by atoms with E-state index in [1.54, 1.807) is 21.3 Å². The maximum absolute atomic E-state index is 15.2. The number of ketones is 1. The van der Waals surface area contributed by atoms with Crippen LogP contribution in [0.5, 0.6) is 0 Å². The number of ether oxygens (including phenoxy) is 8. The second-order valence-corrected chi connectivity index (χ2v) is 19.3. The van der Waals surface area contributed by atoms with Gasteiger partial charge in [0, 0.05) is 62.1 Å². The number of allylic oxidation sites excluding steroid dienone is 4. The van der Waals surface area contributed by atoms with Crippen LogP contribution in [0.15, 0.2) is 48.2 Å². The lowest BCUT2D eigenvalue weighted by atomic mass is 9.69. The number of esters is 1. The van der Waals surface area contributed by atoms with E-state index in [-0.39, 0.29) is 78.5 Å². The first-order valence-corrected chi connectivity index (χ1v) is 23.6. The normalized spacial score (nSPS) is 39.5. The number of methoxy groups -OCH3 is 3. The zero-order chi connectivity index (χ0) is 45.4. The summed E-state index contributed by atoms with van der Waals surface area (Å²) < 4.78 is 52.4. The van der Waals surface area contributed by atoms with Crippen LogP contribution in [0, 0.1) is 35.5 Å². The van der Waals surface area contributed by atoms with Crippen LogP contribution in [-0.2, 0) is 47.5 Å². The van der Waals surface area contributed by atoms with E-state index in [4.69, 9.17) is 48.8 Å². The number of Topliss-reactive ketones (excluding diaryl/α,β-unsaturated/α-hetero) is 1. The van der Waals surface area contributed by atoms with Crippen LogP contribution in [0.25, 0.3) is 17.0 Å². The molecule has 0 amide bonds. The number of fused-ring (bicyclic) bond motifs is 5. The Morgan fingerprint density at radius 1 is 0.875 bits per heavy atom. The van der Waals surface area contributed by atoms with Gasteiger partial charge in [0.15, 0.2) is 18.4 Å². The van der Waals surface area contributed by atoms with Gasteiger partial charge in [-0.15, -0.1) is 5.10 Å². The number of cyclic esters (lactones) is 1. The van der Waals surface area contributed by atoms with Crippen molar-refractivity contribution in [3.63, 3.8) is 0 Å². The topological polar surface area (TPSA) is 168 Å². The van der Waals surface area contributed by atoms with Crippen molar-refractivity contribution in [2.75, 3.05) is 41.2 Å². The zero-order valence-corrected chi connectivity index (χ0v) is 39.2. The second-order valence-electron chi connectivity index (χ2n) is 19.3. The third-order valence-corrected chi connectivity index (χ3v) is 15.3. The molecule has 1 aromatic carbocycles. The van der Waals surface area contributed by atoms with Crippen LogP contribution in [0.1, 0.15) is 85.5 Å². The van der Waals surface area contributed by atoms with E-state index < -0.39 is 36.6 Å². The lowest BCUT2D eigenvalue weighted by molar-refractivity contribution is -0.314. The predicted molar refractivity (Wildman–Crippen MR) is 239 cm³/mol. The van der Waals surface area contributed by atoms with Crippen LogP contribution < -0.4 is 5.73 Å². The smallest absolute Gasteiger partial charge is 0.306 e. The van der Waals surface area contributed by atoms with Crippen molar-refractivity contribution < 1.29 is 47.5 Å². The minimum atomic E-state index is -0.700. The van der Waals surface area contributed by atoms with Crippen LogP contribution in [0.2, 0.25) is 0 Å². The van der Waals surface area contributed by atoms with Gasteiger partial charge in [-0.25, -0.2) is 4.68 Å². The lowest BCUT2D eigenvalue weighted by Gasteiger charge is -2.44. The summed E-state index contributed by atoms with van der Waals surface area (Å²) in [7, 11) is 9.10. The number of carbonyl (C=O) groups is 2. The monoisotopic (exact) mass is 890 g/mol. The molecule has 2 N–H and O–H groups in total. The molecular formula is C49H71N5O10. The molecule has 0 radical (unpaired) electrons. The van der Waals surface area contributed by atoms with Crippen molar-refractivity contribution in [3.8, 4) is 11.3 Å². The zero-order valence-electron chi connectivity index (χ0n) is 39.2. The van der Waals surface area contributed by atoms with Gasteiger partial charge in [-0.2, -0.15) is 0 Å². The van der Waals surface area contributed by atoms with E-state index in [0.717, 1.165) is 30.5 Å². The summed E-state index contributed by atoms with van der Waals surface area (Å²) in [6, 6.07) is 7.91. The van der Waals surface area contributed by atoms with Gasteiger partial charge in [0.2, 0.25) is 0 Å². The predicted octanol–water partition coefficient (Wildman–Crippen LogP) is 6.31. The molecule has 352 valence electrons. The molecule has 0 bridgehead atoms. The molecule has 4 heterocycles. The number of hydrogen-bond donors (Lipinski definition) is 1. The molecule has 0 spiro atoms. The summed E-state index contributed by atoms with van der Waals surface area (Å²) in [5.41, 5.74) is 10.0. The minimum absolute atomic E-state index is 0.00267. The van der Waals surface area contributed by atoms with E-state index in [2.05, 4.69) is 50.1 Å². The molecular weight excluding hydrogens is 819 g/mol. The largest absolute Gasteiger partial charge is 0.462 e. The number of benzene rings is 1. The van der Waals surface area contributed by atoms with Crippen molar-refractivity contribution in [1.29, 1.82) is 0 Å². The summed E-state index contributed by atoms with van der Waals surface area (Å²) >= 11 is 0. The number of nitrogen functional groups attached to an aromatic ring is 1. The first kappa shape index (κ1) is 47.0. The Kier molecular flexibility index (Phi) is 14.8. The Morgan fingerprint density at radius 3 is 2.36 bits per heavy atom. The highest BCUT2D eigenvalue weighted by atomic mass is 16.7. The average molecular weight is 890 g/mol. The molecule has 8 rings (SSSR count). The van der Waals surface area contributed by atoms with E-state index in [1.165, 1.54) is 0 Å². The molecule has 2 aromatic rings. The molecule has 3 aliphatic heterocycles. The van der Waals surface area contributed by atoms with E-state index in [9.17, 15) is 4.79 Å². The van der Waals surface area contributed by atoms with E-state index in [1.807, 2.05) is 49.0 Å². The third kappa shape index (κ3) is 9.51. The Hall–Kier alpha value is -3.54. The highest BCUT2D eigenvalue weighted by Crippen LogP contribution is 2.57. The summed E-state index contributed by atoms with van der Waals surface area (Å²) in [5.74, 6) is -1.30. The average Bonchev–Trinajstić information content (AvgIpc) is 4.02. The first-order valence-electron chi connectivity index (χ1n) is 23.6. The fourth-order valence-corrected chi connectivity index (χ4v) is 12.0. The molecule has 3 saturated heterocycles. The molecule has 1 aromatic heterocycles. The van der Waals surface area contributed by atoms with Crippen LogP contribution in [0.3, 0.4) is 0 Å². The number of carbonyl (C=O) groups excluding carboxylic acids is 2. The van der Waals surface area contributed by atoms with Gasteiger partial charge in [0.25, 0.3) is 0 Å². The Balaban J connectivity index is 1.13. The van der Waals surface area contributed by atoms with Gasteiger partial charge < -0.3 is 48.5 Å². The molecule has 6 aliphatic rings. The van der Waals surface area contributed by atoms with Crippen molar-refractivity contribution >= 4 is 23.1 Å². The van der Waals surface area contributed by atoms with Crippen LogP contribution in [-0.4, -0.2) is 135 Å². The summed E-state index contributed by atoms with van der Waals surface area (Å²) in [6.45, 7) is 8.12. The van der Waals surface area contributed by atoms with E-state index in [0.29, 0.717) is 55.1 Å². The minimum Gasteiger partial charge on any atom is -0.462 e. The molecule has 15 heteroatoms. The van der Waals surface area contributed by atoms with Gasteiger partial charge >= 0.3 is 5.97 Å². The molecule has 3 aliphatic carbocycles. The SMILES string of the molecule is CC[C@H]1CCC[C@H](O[C@H]2CC[C@H](N(C)C)C(C)O2)[C@@H](C)C(=O)C2=C[C@@H]3[C@@H](C=C(n4cc(-c5cccc(N)c5)nn4)[C@@H]4C[C@@H](O[C@@H]5OC(C)[C@H](OC)C(OC)C5OC)C[C@@H]34)[C@@H]2CC(=O)O1. The van der Waals surface area contributed by atoms with Gasteiger partial charge in [0.1, 0.15) is 30.1 Å². The number of aromatic nitrogens is 3. The number of rotatable bonds is 11. The fourth-order valence-electron chi connectivity index (χ4n) is 12.0. The number of likely N-dealkylation sites (N-methyl/N-ethyl adjacent to an activating group) is 1. The maximum Gasteiger partial charge on any atom is 0.306 e. The standard InChI is InChI=1S/C49H71N5O10/c1-10-31-15-12-16-42(64-44-18-17-40(53(5)6)27(3)60-44)26(2)45(56)38-22-34-33-20-32(63-49-48(59-9)47(58-8)46(57-7)28(4)61-49)21-37(33)41(23-35(34)36(38)24-43(55)62-31)54-25-39(51-52-54)29-13-11-14-30(50)19-29/h11,13-14,19,22-23,25-28,31-37,40,42,44,46-49H,10,12,15-18,20-21,24,50H2,1-9H3/t26-,27?,28?,31+,32+,33+,34+,35-,36+,37-,40+,42+,44+,46+,47?,48?,49+/m1/s1. The second kappa shape index (κ2) is 20.1. The number of hydrogen-bond acceptors (Lipinski definition) is 14. The van der Waals surface area contributed by atoms with Crippen LogP contribution >= 0.6 is 0 Å². The lowest BCUT2D eigenvalue weighted by Crippen LogP contribution is -2.59. The van der Waals surface area contributed by atoms with Crippen LogP contribution in [0.4, 0.5) is 5.69 Å². The third-order valence-electron chi connectivity index (χ3n) is 15.3. The van der Waals surface area contributed by atoms with Crippen molar-refractivity contribution in [3.05, 3.63) is 48.2 Å². The highest BCUT2D eigenvalue weighted by molar-refractivity contribution is 5.99. The highest BCUT2D eigenvalue weighted by Gasteiger charge is 2.55. The quantitative estimate of drug-likeness (QED) is 0.197. The molecule has 4 fully saturated rings. The molecule has 1 saturated carbocycles. The van der Waals surface area contributed by atoms with E-state index >= 15 is 4.79 Å². The first-order chi connectivity index (χ1) is 30.8. The summed E-state index contributed by atoms with van der Waals surface area (Å²) in [5, 5.41) is 9.31. The van der Waals surface area contributed by atoms with Gasteiger partial charge in [-0.1, -0.05) is 43.3 Å². The van der Waals surface area contributed by atoms with Gasteiger partial charge in [-0.05, 0) is 115 Å². The Labute approximate surface area is 378 Å². The maximum atomic E-state index is 15.2. The van der Waals surface area contributed by atoms with Gasteiger partial charge in [-0.3, -0.25) is 9.59 Å². The number of nitrogens with zero attached hydrogens (tertiary/aromatic N) is 4.